The molecule has 0 bridgehead atoms. The second-order valence-electron chi connectivity index (χ2n) is 9.55. The lowest BCUT2D eigenvalue weighted by Crippen LogP contribution is -2.71. The summed E-state index contributed by atoms with van der Waals surface area (Å²) in [5, 5.41) is 4.08. The Morgan fingerprint density at radius 3 is 2.82 bits per heavy atom. The van der Waals surface area contributed by atoms with E-state index in [-0.39, 0.29) is 17.6 Å². The minimum atomic E-state index is -0.0771. The zero-order valence-corrected chi connectivity index (χ0v) is 19.0. The van der Waals surface area contributed by atoms with Gasteiger partial charge in [-0.25, -0.2) is 4.98 Å². The molecule has 3 saturated heterocycles. The monoisotopic (exact) mass is 451 g/mol. The zero-order valence-electron chi connectivity index (χ0n) is 19.0. The Labute approximate surface area is 197 Å². The van der Waals surface area contributed by atoms with Crippen molar-refractivity contribution in [3.05, 3.63) is 60.7 Å². The minimum absolute atomic E-state index is 0.0610. The molecule has 1 spiro atoms. The normalized spacial score (nSPS) is 23.7. The molecular formula is C26H25N7O. The summed E-state index contributed by atoms with van der Waals surface area (Å²) < 4.78 is 0. The smallest absolute Gasteiger partial charge is 0.243 e. The van der Waals surface area contributed by atoms with Crippen molar-refractivity contribution in [2.75, 3.05) is 25.0 Å². The number of carbonyl (C=O) groups is 1. The number of H-pyrrole nitrogens is 1. The molecule has 0 aliphatic carbocycles. The van der Waals surface area contributed by atoms with Gasteiger partial charge >= 0.3 is 0 Å². The molecule has 3 fully saturated rings. The van der Waals surface area contributed by atoms with Crippen LogP contribution in [0.2, 0.25) is 0 Å². The molecule has 170 valence electrons. The molecule has 3 aliphatic heterocycles. The molecule has 7 rings (SSSR count). The third kappa shape index (κ3) is 2.85. The van der Waals surface area contributed by atoms with Gasteiger partial charge in [-0.3, -0.25) is 24.6 Å². The van der Waals surface area contributed by atoms with E-state index in [2.05, 4.69) is 41.1 Å². The molecule has 2 N–H and O–H groups in total. The van der Waals surface area contributed by atoms with E-state index in [1.807, 2.05) is 43.3 Å². The van der Waals surface area contributed by atoms with Crippen molar-refractivity contribution in [2.24, 2.45) is 0 Å². The number of benzene rings is 1. The van der Waals surface area contributed by atoms with Gasteiger partial charge in [0.25, 0.3) is 0 Å². The lowest BCUT2D eigenvalue weighted by Gasteiger charge is -2.59. The van der Waals surface area contributed by atoms with Crippen LogP contribution < -0.4 is 5.32 Å². The van der Waals surface area contributed by atoms with Crippen LogP contribution >= 0.6 is 0 Å². The number of amides is 1. The van der Waals surface area contributed by atoms with Gasteiger partial charge in [-0.05, 0) is 50.1 Å². The van der Waals surface area contributed by atoms with E-state index in [0.29, 0.717) is 0 Å². The van der Waals surface area contributed by atoms with Crippen molar-refractivity contribution in [1.29, 1.82) is 0 Å². The number of aryl methyl sites for hydroxylation is 1. The van der Waals surface area contributed by atoms with E-state index in [1.165, 1.54) is 12.8 Å². The highest BCUT2D eigenvalue weighted by Crippen LogP contribution is 2.50. The van der Waals surface area contributed by atoms with Gasteiger partial charge in [0.15, 0.2) is 0 Å². The van der Waals surface area contributed by atoms with E-state index in [4.69, 9.17) is 0 Å². The molecule has 4 aromatic rings. The Kier molecular flexibility index (Phi) is 4.19. The number of aromatic nitrogens is 4. The van der Waals surface area contributed by atoms with Crippen LogP contribution in [0.5, 0.6) is 0 Å². The summed E-state index contributed by atoms with van der Waals surface area (Å²) in [5.41, 5.74) is 6.30. The predicted octanol–water partition coefficient (Wildman–Crippen LogP) is 3.42. The number of fused-ring (bicyclic) bond motifs is 1. The van der Waals surface area contributed by atoms with Gasteiger partial charge in [0.1, 0.15) is 6.04 Å². The zero-order chi connectivity index (χ0) is 22.9. The molecule has 3 aliphatic rings. The Hall–Kier alpha value is -3.62. The first kappa shape index (κ1) is 19.8. The number of anilines is 1. The highest BCUT2D eigenvalue weighted by Gasteiger charge is 2.63. The summed E-state index contributed by atoms with van der Waals surface area (Å²) in [4.78, 5) is 35.0. The maximum Gasteiger partial charge on any atom is 0.243 e. The molecule has 1 aromatic carbocycles. The van der Waals surface area contributed by atoms with E-state index in [1.54, 1.807) is 12.5 Å². The van der Waals surface area contributed by atoms with Crippen LogP contribution in [0.3, 0.4) is 0 Å². The maximum atomic E-state index is 13.1. The van der Waals surface area contributed by atoms with Gasteiger partial charge < -0.3 is 10.3 Å². The third-order valence-corrected chi connectivity index (χ3v) is 7.74. The Balaban J connectivity index is 1.17. The molecule has 3 aromatic heterocycles. The number of pyridine rings is 2. The van der Waals surface area contributed by atoms with E-state index < -0.39 is 0 Å². The number of aromatic amines is 1. The molecule has 2 unspecified atom stereocenters. The number of hydrogen-bond donors (Lipinski definition) is 2. The van der Waals surface area contributed by atoms with Crippen molar-refractivity contribution in [1.82, 2.24) is 29.7 Å². The van der Waals surface area contributed by atoms with Crippen LogP contribution in [0.1, 0.15) is 18.5 Å². The summed E-state index contributed by atoms with van der Waals surface area (Å²) in [6.07, 6.45) is 5.81. The first-order valence-corrected chi connectivity index (χ1v) is 11.8. The number of nitrogens with one attached hydrogen (secondary N) is 2. The minimum Gasteiger partial charge on any atom is -0.343 e. The van der Waals surface area contributed by atoms with E-state index in [9.17, 15) is 4.79 Å². The molecule has 8 nitrogen and oxygen atoms in total. The van der Waals surface area contributed by atoms with Crippen molar-refractivity contribution in [3.63, 3.8) is 0 Å². The third-order valence-electron chi connectivity index (χ3n) is 7.74. The molecule has 34 heavy (non-hydrogen) atoms. The molecule has 0 radical (unpaired) electrons. The summed E-state index contributed by atoms with van der Waals surface area (Å²) in [5.74, 6) is 0.0610. The average molecular weight is 452 g/mol. The van der Waals surface area contributed by atoms with Gasteiger partial charge in [-0.15, -0.1) is 0 Å². The number of rotatable bonds is 4. The fraction of sp³-hybridized carbons (Fsp3) is 0.308. The van der Waals surface area contributed by atoms with Gasteiger partial charge in [0.05, 0.1) is 46.5 Å². The molecule has 1 amide bonds. The molecular weight excluding hydrogens is 426 g/mol. The SMILES string of the molecule is Cc1cccc(-c2[nH]cnc2-c2ccc3ncc(NC(=O)C4CN5CCC56CCN46)cc3c2)n1. The van der Waals surface area contributed by atoms with Crippen LogP contribution in [0.15, 0.2) is 55.0 Å². The van der Waals surface area contributed by atoms with Crippen LogP contribution in [-0.2, 0) is 4.79 Å². The summed E-state index contributed by atoms with van der Waals surface area (Å²) in [6, 6.07) is 14.0. The summed E-state index contributed by atoms with van der Waals surface area (Å²) >= 11 is 0. The van der Waals surface area contributed by atoms with Gasteiger partial charge in [0, 0.05) is 36.3 Å². The van der Waals surface area contributed by atoms with Crippen LogP contribution in [0, 0.1) is 6.92 Å². The second kappa shape index (κ2) is 7.19. The standard InChI is InChI=1S/C26H25N7O/c1-16-3-2-4-21(30-16)24-23(28-15-29-24)17-5-6-20-18(11-17)12-19(13-27-20)31-25(34)22-14-32-9-7-26(32)8-10-33(22)26/h2-6,11-13,15,22H,7-10,14H2,1H3,(H,28,29)(H,31,34). The van der Waals surface area contributed by atoms with E-state index >= 15 is 0 Å². The first-order valence-electron chi connectivity index (χ1n) is 11.8. The van der Waals surface area contributed by atoms with Crippen LogP contribution in [-0.4, -0.2) is 67.0 Å². The van der Waals surface area contributed by atoms with Gasteiger partial charge in [0.2, 0.25) is 5.91 Å². The summed E-state index contributed by atoms with van der Waals surface area (Å²) in [7, 11) is 0. The Bertz CT molecular complexity index is 1440. The fourth-order valence-electron chi connectivity index (χ4n) is 5.84. The maximum absolute atomic E-state index is 13.1. The predicted molar refractivity (Wildman–Crippen MR) is 130 cm³/mol. The number of carbonyl (C=O) groups excluding carboxylic acids is 1. The second-order valence-corrected chi connectivity index (χ2v) is 9.55. The Morgan fingerprint density at radius 2 is 2.06 bits per heavy atom. The van der Waals surface area contributed by atoms with E-state index in [0.717, 1.165) is 64.6 Å². The molecule has 2 atom stereocenters. The lowest BCUT2D eigenvalue weighted by molar-refractivity contribution is -0.152. The van der Waals surface area contributed by atoms with Crippen LogP contribution in [0.4, 0.5) is 5.69 Å². The highest BCUT2D eigenvalue weighted by molar-refractivity contribution is 5.97. The van der Waals surface area contributed by atoms with Crippen molar-refractivity contribution < 1.29 is 4.79 Å². The highest BCUT2D eigenvalue weighted by atomic mass is 16.2. The molecule has 0 saturated carbocycles. The molecule has 8 heteroatoms. The van der Waals surface area contributed by atoms with Gasteiger partial charge in [-0.2, -0.15) is 0 Å². The Morgan fingerprint density at radius 1 is 1.15 bits per heavy atom. The van der Waals surface area contributed by atoms with Crippen molar-refractivity contribution in [2.45, 2.75) is 31.5 Å². The quantitative estimate of drug-likeness (QED) is 0.494. The molecule has 6 heterocycles. The van der Waals surface area contributed by atoms with Gasteiger partial charge in [-0.1, -0.05) is 12.1 Å². The number of hydrogen-bond acceptors (Lipinski definition) is 6. The largest absolute Gasteiger partial charge is 0.343 e. The van der Waals surface area contributed by atoms with Crippen molar-refractivity contribution >= 4 is 22.5 Å². The first-order chi connectivity index (χ1) is 16.6. The number of imidazole rings is 1. The lowest BCUT2D eigenvalue weighted by atomic mass is 9.84. The van der Waals surface area contributed by atoms with Crippen molar-refractivity contribution in [3.8, 4) is 22.6 Å². The average Bonchev–Trinajstić information content (AvgIpc) is 3.34. The number of nitrogens with zero attached hydrogens (tertiary/aromatic N) is 5. The fourth-order valence-corrected chi connectivity index (χ4v) is 5.84. The topological polar surface area (TPSA) is 90.0 Å². The summed E-state index contributed by atoms with van der Waals surface area (Å²) in [6.45, 7) is 4.92. The van der Waals surface area contributed by atoms with Crippen LogP contribution in [0.25, 0.3) is 33.5 Å².